The minimum absolute atomic E-state index is 0.0143. The summed E-state index contributed by atoms with van der Waals surface area (Å²) >= 11 is 0. The zero-order chi connectivity index (χ0) is 18.1. The predicted molar refractivity (Wildman–Crippen MR) is 91.9 cm³/mol. The van der Waals surface area contributed by atoms with Gasteiger partial charge in [-0.3, -0.25) is 9.78 Å². The monoisotopic (exact) mass is 354 g/mol. The molecule has 2 heterocycles. The Hall–Kier alpha value is -3.48. The first kappa shape index (κ1) is 16.0. The molecule has 0 saturated heterocycles. The van der Waals surface area contributed by atoms with Crippen LogP contribution in [0.15, 0.2) is 48.7 Å². The Morgan fingerprint density at radius 1 is 1.19 bits per heavy atom. The smallest absolute Gasteiger partial charge is 0.248 e. The minimum Gasteiger partial charge on any atom is -0.454 e. The van der Waals surface area contributed by atoms with E-state index in [0.29, 0.717) is 17.1 Å². The van der Waals surface area contributed by atoms with E-state index < -0.39 is 17.5 Å². The third-order valence-corrected chi connectivity index (χ3v) is 3.86. The standard InChI is InChI=1S/C19H12F2N2O3/c20-12-8-13-15(6-7-22-18(13)14(21)9-12)23-17(24)5-4-11-2-1-3-16-19(11)26-10-25-16/h1-9H,10H2,(H,22,23,24)/b5-4+. The Balaban J connectivity index is 1.60. The van der Waals surface area contributed by atoms with Gasteiger partial charge < -0.3 is 14.8 Å². The summed E-state index contributed by atoms with van der Waals surface area (Å²) in [7, 11) is 0. The molecule has 0 atom stereocenters. The summed E-state index contributed by atoms with van der Waals surface area (Å²) in [6.07, 6.45) is 4.23. The molecule has 0 bridgehead atoms. The highest BCUT2D eigenvalue weighted by atomic mass is 19.1. The number of ether oxygens (including phenoxy) is 2. The highest BCUT2D eigenvalue weighted by molar-refractivity contribution is 6.07. The van der Waals surface area contributed by atoms with E-state index in [9.17, 15) is 13.6 Å². The highest BCUT2D eigenvalue weighted by Gasteiger charge is 2.16. The van der Waals surface area contributed by atoms with Crippen LogP contribution in [-0.2, 0) is 4.79 Å². The van der Waals surface area contributed by atoms with Crippen LogP contribution in [0.4, 0.5) is 14.5 Å². The van der Waals surface area contributed by atoms with Crippen LogP contribution in [0.25, 0.3) is 17.0 Å². The summed E-state index contributed by atoms with van der Waals surface area (Å²) in [5.74, 6) is -0.818. The van der Waals surface area contributed by atoms with E-state index in [1.807, 2.05) is 0 Å². The molecule has 0 radical (unpaired) electrons. The van der Waals surface area contributed by atoms with E-state index in [-0.39, 0.29) is 23.4 Å². The van der Waals surface area contributed by atoms with Gasteiger partial charge in [0.15, 0.2) is 17.3 Å². The summed E-state index contributed by atoms with van der Waals surface area (Å²) < 4.78 is 37.9. The normalized spacial score (nSPS) is 12.7. The average Bonchev–Trinajstić information content (AvgIpc) is 3.10. The SMILES string of the molecule is O=C(/C=C/c1cccc2c1OCO2)Nc1ccnc2c(F)cc(F)cc12. The fourth-order valence-electron chi connectivity index (χ4n) is 2.71. The maximum atomic E-state index is 13.8. The van der Waals surface area contributed by atoms with Gasteiger partial charge in [0.25, 0.3) is 0 Å². The average molecular weight is 354 g/mol. The quantitative estimate of drug-likeness (QED) is 0.725. The molecular formula is C19H12F2N2O3. The van der Waals surface area contributed by atoms with Crippen LogP contribution in [0, 0.1) is 11.6 Å². The predicted octanol–water partition coefficient (Wildman–Crippen LogP) is 3.89. The van der Waals surface area contributed by atoms with Crippen molar-refractivity contribution in [3.8, 4) is 11.5 Å². The third kappa shape index (κ3) is 2.95. The number of aromatic nitrogens is 1. The summed E-state index contributed by atoms with van der Waals surface area (Å²) in [4.78, 5) is 16.1. The summed E-state index contributed by atoms with van der Waals surface area (Å²) in [6.45, 7) is 0.131. The maximum absolute atomic E-state index is 13.8. The van der Waals surface area contributed by atoms with E-state index in [1.54, 1.807) is 24.3 Å². The number of nitrogens with one attached hydrogen (secondary N) is 1. The third-order valence-electron chi connectivity index (χ3n) is 3.86. The number of hydrogen-bond acceptors (Lipinski definition) is 4. The summed E-state index contributed by atoms with van der Waals surface area (Å²) in [5.41, 5.74) is 0.937. The van der Waals surface area contributed by atoms with Crippen LogP contribution in [0.2, 0.25) is 0 Å². The van der Waals surface area contributed by atoms with Gasteiger partial charge in [0, 0.05) is 29.3 Å². The molecule has 1 amide bonds. The minimum atomic E-state index is -0.788. The van der Waals surface area contributed by atoms with Gasteiger partial charge in [-0.05, 0) is 24.3 Å². The van der Waals surface area contributed by atoms with Gasteiger partial charge in [-0.15, -0.1) is 0 Å². The van der Waals surface area contributed by atoms with Gasteiger partial charge in [0.05, 0.1) is 5.69 Å². The van der Waals surface area contributed by atoms with Crippen molar-refractivity contribution in [2.75, 3.05) is 12.1 Å². The van der Waals surface area contributed by atoms with Gasteiger partial charge in [0.2, 0.25) is 12.7 Å². The van der Waals surface area contributed by atoms with Crippen molar-refractivity contribution in [2.24, 2.45) is 0 Å². The molecule has 2 aromatic carbocycles. The van der Waals surface area contributed by atoms with E-state index in [1.165, 1.54) is 18.3 Å². The number of pyridine rings is 1. The second kappa shape index (κ2) is 6.44. The van der Waals surface area contributed by atoms with Gasteiger partial charge in [0.1, 0.15) is 11.3 Å². The van der Waals surface area contributed by atoms with E-state index in [0.717, 1.165) is 12.1 Å². The molecule has 130 valence electrons. The molecule has 0 aliphatic carbocycles. The lowest BCUT2D eigenvalue weighted by molar-refractivity contribution is -0.111. The largest absolute Gasteiger partial charge is 0.454 e. The van der Waals surface area contributed by atoms with Crippen LogP contribution < -0.4 is 14.8 Å². The van der Waals surface area contributed by atoms with Crippen LogP contribution >= 0.6 is 0 Å². The molecule has 4 rings (SSSR count). The fraction of sp³-hybridized carbons (Fsp3) is 0.0526. The molecule has 26 heavy (non-hydrogen) atoms. The Kier molecular flexibility index (Phi) is 3.96. The van der Waals surface area contributed by atoms with Crippen molar-refractivity contribution in [1.82, 2.24) is 4.98 Å². The van der Waals surface area contributed by atoms with Gasteiger partial charge in [-0.2, -0.15) is 0 Å². The molecule has 7 heteroatoms. The van der Waals surface area contributed by atoms with E-state index in [4.69, 9.17) is 9.47 Å². The number of benzene rings is 2. The second-order valence-electron chi connectivity index (χ2n) is 5.55. The Bertz CT molecular complexity index is 1050. The molecule has 1 aliphatic heterocycles. The van der Waals surface area contributed by atoms with Crippen molar-refractivity contribution < 1.29 is 23.0 Å². The maximum Gasteiger partial charge on any atom is 0.248 e. The van der Waals surface area contributed by atoms with Crippen molar-refractivity contribution in [1.29, 1.82) is 0 Å². The van der Waals surface area contributed by atoms with Crippen LogP contribution in [-0.4, -0.2) is 17.7 Å². The number of fused-ring (bicyclic) bond motifs is 2. The van der Waals surface area contributed by atoms with E-state index >= 15 is 0 Å². The first-order chi connectivity index (χ1) is 12.6. The van der Waals surface area contributed by atoms with Crippen molar-refractivity contribution >= 4 is 28.6 Å². The zero-order valence-corrected chi connectivity index (χ0v) is 13.3. The Morgan fingerprint density at radius 2 is 2.08 bits per heavy atom. The number of anilines is 1. The van der Waals surface area contributed by atoms with Crippen molar-refractivity contribution in [3.63, 3.8) is 0 Å². The molecule has 1 N–H and O–H groups in total. The number of amides is 1. The molecule has 0 unspecified atom stereocenters. The molecule has 1 aromatic heterocycles. The van der Waals surface area contributed by atoms with Gasteiger partial charge in [-0.1, -0.05) is 12.1 Å². The van der Waals surface area contributed by atoms with Gasteiger partial charge >= 0.3 is 0 Å². The molecule has 1 aliphatic rings. The van der Waals surface area contributed by atoms with Crippen LogP contribution in [0.5, 0.6) is 11.5 Å². The zero-order valence-electron chi connectivity index (χ0n) is 13.3. The molecule has 0 saturated carbocycles. The summed E-state index contributed by atoms with van der Waals surface area (Å²) in [5, 5.41) is 2.79. The Morgan fingerprint density at radius 3 is 2.96 bits per heavy atom. The lowest BCUT2D eigenvalue weighted by Gasteiger charge is -2.07. The Labute approximate surface area is 146 Å². The number of rotatable bonds is 3. The topological polar surface area (TPSA) is 60.5 Å². The molecule has 0 fully saturated rings. The molecular weight excluding hydrogens is 342 g/mol. The molecule has 0 spiro atoms. The van der Waals surface area contributed by atoms with Crippen LogP contribution in [0.3, 0.4) is 0 Å². The van der Waals surface area contributed by atoms with Crippen molar-refractivity contribution in [3.05, 3.63) is 65.9 Å². The van der Waals surface area contributed by atoms with Gasteiger partial charge in [-0.25, -0.2) is 8.78 Å². The summed E-state index contributed by atoms with van der Waals surface area (Å²) in [6, 6.07) is 8.69. The molecule has 5 nitrogen and oxygen atoms in total. The number of carbonyl (C=O) groups is 1. The lowest BCUT2D eigenvalue weighted by Crippen LogP contribution is -2.08. The first-order valence-electron chi connectivity index (χ1n) is 7.73. The second-order valence-corrected chi connectivity index (χ2v) is 5.55. The first-order valence-corrected chi connectivity index (χ1v) is 7.73. The fourth-order valence-corrected chi connectivity index (χ4v) is 2.71. The number of hydrogen-bond donors (Lipinski definition) is 1. The lowest BCUT2D eigenvalue weighted by atomic mass is 10.1. The number of halogens is 2. The van der Waals surface area contributed by atoms with Crippen LogP contribution in [0.1, 0.15) is 5.56 Å². The van der Waals surface area contributed by atoms with Crippen molar-refractivity contribution in [2.45, 2.75) is 0 Å². The molecule has 3 aromatic rings. The van der Waals surface area contributed by atoms with E-state index in [2.05, 4.69) is 10.3 Å². The highest BCUT2D eigenvalue weighted by Crippen LogP contribution is 2.36. The number of para-hydroxylation sites is 1. The number of carbonyl (C=O) groups excluding carboxylic acids is 1. The number of nitrogens with zero attached hydrogens (tertiary/aromatic N) is 1.